The molecule has 18 heteroatoms. The molecule has 2 amide bonds. The highest BCUT2D eigenvalue weighted by atomic mass is 32.2. The molecule has 190 valence electrons. The molecule has 2 atom stereocenters. The van der Waals surface area contributed by atoms with Gasteiger partial charge in [0.1, 0.15) is 11.7 Å². The van der Waals surface area contributed by atoms with Crippen LogP contribution in [0.4, 0.5) is 5.13 Å². The third-order valence-electron chi connectivity index (χ3n) is 4.79. The number of carboxylic acids is 1. The van der Waals surface area contributed by atoms with Gasteiger partial charge < -0.3 is 31.3 Å². The molecule has 0 bridgehead atoms. The Kier molecular flexibility index (Phi) is 7.11. The molecule has 3 heterocycles. The van der Waals surface area contributed by atoms with Crippen molar-refractivity contribution < 1.29 is 41.8 Å². The van der Waals surface area contributed by atoms with Gasteiger partial charge in [0.25, 0.3) is 11.8 Å². The van der Waals surface area contributed by atoms with Crippen molar-refractivity contribution in [3.05, 3.63) is 28.6 Å². The Balaban J connectivity index is 1.89. The van der Waals surface area contributed by atoms with Gasteiger partial charge in [-0.3, -0.25) is 14.1 Å². The fraction of sp³-hybridized carbons (Fsp3) is 0.412. The molecule has 35 heavy (non-hydrogen) atoms. The number of nitrogens with two attached hydrogens (primary N) is 2. The average Bonchev–Trinajstić information content (AvgIpc) is 3.39. The molecular formula is C17H21N7O9S2. The zero-order chi connectivity index (χ0) is 26.1. The molecule has 16 nitrogen and oxygen atoms in total. The van der Waals surface area contributed by atoms with E-state index in [1.54, 1.807) is 0 Å². The molecule has 2 aromatic heterocycles. The Bertz CT molecular complexity index is 1280. The third kappa shape index (κ3) is 5.56. The number of carboxylic acid groups (broad SMARTS) is 1. The van der Waals surface area contributed by atoms with Crippen LogP contribution in [0.3, 0.4) is 0 Å². The highest BCUT2D eigenvalue weighted by molar-refractivity contribution is 7.84. The van der Waals surface area contributed by atoms with Crippen molar-refractivity contribution in [2.24, 2.45) is 10.9 Å². The first-order chi connectivity index (χ1) is 16.2. The molecule has 1 fully saturated rings. The van der Waals surface area contributed by atoms with Gasteiger partial charge in [-0.05, 0) is 13.8 Å². The van der Waals surface area contributed by atoms with Gasteiger partial charge in [-0.25, -0.2) is 14.1 Å². The van der Waals surface area contributed by atoms with Crippen molar-refractivity contribution >= 4 is 50.3 Å². The van der Waals surface area contributed by atoms with E-state index in [4.69, 9.17) is 20.8 Å². The fourth-order valence-corrected chi connectivity index (χ4v) is 4.36. The third-order valence-corrected chi connectivity index (χ3v) is 6.41. The van der Waals surface area contributed by atoms with Gasteiger partial charge in [0.15, 0.2) is 16.6 Å². The number of anilines is 1. The van der Waals surface area contributed by atoms with Gasteiger partial charge in [-0.1, -0.05) is 10.3 Å². The summed E-state index contributed by atoms with van der Waals surface area (Å²) in [4.78, 5) is 45.7. The predicted molar refractivity (Wildman–Crippen MR) is 118 cm³/mol. The van der Waals surface area contributed by atoms with Crippen LogP contribution in [0.1, 0.15) is 31.0 Å². The van der Waals surface area contributed by atoms with Gasteiger partial charge in [0.05, 0.1) is 18.3 Å². The highest BCUT2D eigenvalue weighted by Crippen LogP contribution is 2.27. The lowest BCUT2D eigenvalue weighted by atomic mass is 9.93. The molecule has 2 aromatic rings. The number of hydrogen-bond acceptors (Lipinski definition) is 13. The summed E-state index contributed by atoms with van der Waals surface area (Å²) in [6, 6.07) is -1.28. The van der Waals surface area contributed by atoms with Crippen molar-refractivity contribution in [1.82, 2.24) is 19.8 Å². The van der Waals surface area contributed by atoms with Crippen molar-refractivity contribution in [2.75, 3.05) is 5.73 Å². The van der Waals surface area contributed by atoms with Crippen LogP contribution >= 0.6 is 11.3 Å². The molecule has 7 N–H and O–H groups in total. The summed E-state index contributed by atoms with van der Waals surface area (Å²) in [6.45, 7) is 2.39. The first-order valence-corrected chi connectivity index (χ1v) is 12.0. The quantitative estimate of drug-likeness (QED) is 0.101. The molecule has 1 aliphatic rings. The van der Waals surface area contributed by atoms with Crippen molar-refractivity contribution in [3.63, 3.8) is 0 Å². The molecule has 1 aliphatic heterocycles. The van der Waals surface area contributed by atoms with E-state index in [-0.39, 0.29) is 33.8 Å². The Morgan fingerprint density at radius 1 is 1.43 bits per heavy atom. The lowest BCUT2D eigenvalue weighted by Crippen LogP contribution is -2.73. The predicted octanol–water partition coefficient (Wildman–Crippen LogP) is -1.50. The van der Waals surface area contributed by atoms with Gasteiger partial charge in [0, 0.05) is 17.9 Å². The minimum Gasteiger partial charge on any atom is -0.478 e. The van der Waals surface area contributed by atoms with E-state index in [1.165, 1.54) is 25.3 Å². The van der Waals surface area contributed by atoms with Gasteiger partial charge >= 0.3 is 16.3 Å². The lowest BCUT2D eigenvalue weighted by molar-refractivity contribution is -0.161. The summed E-state index contributed by atoms with van der Waals surface area (Å²) < 4.78 is 38.0. The summed E-state index contributed by atoms with van der Waals surface area (Å²) in [6.07, 6.45) is -0.224. The summed E-state index contributed by atoms with van der Waals surface area (Å²) in [5.74, 6) is -3.25. The maximum absolute atomic E-state index is 13.0. The fourth-order valence-electron chi connectivity index (χ4n) is 2.93. The number of nitrogens with one attached hydrogen (secondary N) is 1. The molecule has 0 saturated carbocycles. The smallest absolute Gasteiger partial charge is 0.362 e. The van der Waals surface area contributed by atoms with Crippen LogP contribution in [0, 0.1) is 0 Å². The van der Waals surface area contributed by atoms with E-state index in [1.807, 2.05) is 0 Å². The highest BCUT2D eigenvalue weighted by Gasteiger charge is 2.54. The topological polar surface area (TPSA) is 254 Å². The standard InChI is InChI=1S/C17H21N7O9S2/c1-17(2,15(27)28)33-23-11(9-6-34-16(19)20-9)13(25)21-12-10(24(14(12)26)35(29,30)31)4-7-3-8(5-18)32-22-7/h3,6,10,12H,4-5,18H2,1-2H3,(H2,19,20)(H,21,25)(H,27,28)(H,29,30,31)/b23-11-/t10-,12+/m1/s1. The van der Waals surface area contributed by atoms with Crippen LogP contribution in [-0.2, 0) is 42.5 Å². The Hall–Kier alpha value is -3.61. The zero-order valence-electron chi connectivity index (χ0n) is 18.2. The maximum Gasteiger partial charge on any atom is 0.362 e. The number of hydrogen-bond donors (Lipinski definition) is 5. The Labute approximate surface area is 201 Å². The lowest BCUT2D eigenvalue weighted by Gasteiger charge is -2.43. The molecule has 0 aliphatic carbocycles. The van der Waals surface area contributed by atoms with Crippen LogP contribution in [0.2, 0.25) is 0 Å². The van der Waals surface area contributed by atoms with E-state index < -0.39 is 51.5 Å². The number of amides is 2. The molecule has 0 aromatic carbocycles. The second-order valence-corrected chi connectivity index (χ2v) is 9.92. The van der Waals surface area contributed by atoms with E-state index in [9.17, 15) is 32.5 Å². The summed E-state index contributed by atoms with van der Waals surface area (Å²) in [5, 5.41) is 20.3. The zero-order valence-corrected chi connectivity index (χ0v) is 19.9. The first kappa shape index (κ1) is 26.0. The number of oxime groups is 1. The minimum atomic E-state index is -4.96. The van der Waals surface area contributed by atoms with Crippen LogP contribution < -0.4 is 16.8 Å². The first-order valence-electron chi connectivity index (χ1n) is 9.71. The average molecular weight is 532 g/mol. The second kappa shape index (κ2) is 9.56. The molecule has 0 unspecified atom stereocenters. The van der Waals surface area contributed by atoms with Crippen LogP contribution in [-0.4, -0.2) is 73.7 Å². The number of aromatic nitrogens is 2. The minimum absolute atomic E-state index is 0.0159. The SMILES string of the molecule is CC(C)(O/N=C(\C(=O)N[C@@H]1C(=O)N(S(=O)(=O)O)[C@@H]1Cc1cc(CN)on1)c1csc(N)n1)C(=O)O. The monoisotopic (exact) mass is 531 g/mol. The summed E-state index contributed by atoms with van der Waals surface area (Å²) in [5.41, 5.74) is 8.85. The van der Waals surface area contributed by atoms with Gasteiger partial charge in [0.2, 0.25) is 5.60 Å². The van der Waals surface area contributed by atoms with E-state index in [0.717, 1.165) is 11.3 Å². The normalized spacial score (nSPS) is 18.8. The van der Waals surface area contributed by atoms with Crippen LogP contribution in [0.15, 0.2) is 21.1 Å². The maximum atomic E-state index is 13.0. The van der Waals surface area contributed by atoms with Crippen LogP contribution in [0.25, 0.3) is 0 Å². The number of thiazole rings is 1. The Morgan fingerprint density at radius 2 is 2.11 bits per heavy atom. The molecule has 0 radical (unpaired) electrons. The number of β-lactam (4-membered cyclic amide) rings is 1. The molecule has 1 saturated heterocycles. The number of nitrogens with zero attached hydrogens (tertiary/aromatic N) is 4. The van der Waals surface area contributed by atoms with Crippen molar-refractivity contribution in [1.29, 1.82) is 0 Å². The molecular weight excluding hydrogens is 510 g/mol. The van der Waals surface area contributed by atoms with Gasteiger partial charge in [-0.2, -0.15) is 8.42 Å². The summed E-state index contributed by atoms with van der Waals surface area (Å²) in [7, 11) is -4.96. The van der Waals surface area contributed by atoms with Crippen LogP contribution in [0.5, 0.6) is 0 Å². The van der Waals surface area contributed by atoms with Crippen molar-refractivity contribution in [3.8, 4) is 0 Å². The number of nitrogen functional groups attached to an aromatic ring is 1. The largest absolute Gasteiger partial charge is 0.478 e. The number of carbonyl (C=O) groups excluding carboxylic acids is 2. The van der Waals surface area contributed by atoms with E-state index in [2.05, 4.69) is 20.6 Å². The van der Waals surface area contributed by atoms with E-state index >= 15 is 0 Å². The number of aliphatic carboxylic acids is 1. The van der Waals surface area contributed by atoms with Gasteiger partial charge in [-0.15, -0.1) is 11.3 Å². The second-order valence-electron chi connectivity index (χ2n) is 7.74. The van der Waals surface area contributed by atoms with Crippen molar-refractivity contribution in [2.45, 2.75) is 44.5 Å². The van der Waals surface area contributed by atoms with E-state index in [0.29, 0.717) is 5.76 Å². The molecule has 0 spiro atoms. The summed E-state index contributed by atoms with van der Waals surface area (Å²) >= 11 is 0.957. The molecule has 3 rings (SSSR count). The number of carbonyl (C=O) groups is 3. The number of rotatable bonds is 10. The Morgan fingerprint density at radius 3 is 2.63 bits per heavy atom.